The zero-order valence-corrected chi connectivity index (χ0v) is 8.76. The van der Waals surface area contributed by atoms with Crippen LogP contribution in [0.25, 0.3) is 0 Å². The fraction of sp³-hybridized carbons (Fsp3) is 1.00. The Bertz CT molecular complexity index is 171. The molecule has 2 N–H and O–H groups in total. The van der Waals surface area contributed by atoms with Gasteiger partial charge in [0.05, 0.1) is 0 Å². The Labute approximate surface area is 81.5 Å². The Morgan fingerprint density at radius 3 is 2.54 bits per heavy atom. The first-order chi connectivity index (χ1) is 6.18. The fourth-order valence-electron chi connectivity index (χ4n) is 2.13. The molecule has 0 atom stereocenters. The van der Waals surface area contributed by atoms with Crippen molar-refractivity contribution in [2.75, 3.05) is 20.1 Å². The van der Waals surface area contributed by atoms with Gasteiger partial charge in [0.2, 0.25) is 0 Å². The van der Waals surface area contributed by atoms with Gasteiger partial charge in [-0.2, -0.15) is 0 Å². The van der Waals surface area contributed by atoms with Crippen LogP contribution in [0.15, 0.2) is 0 Å². The first-order valence-corrected chi connectivity index (χ1v) is 5.65. The van der Waals surface area contributed by atoms with Gasteiger partial charge in [-0.05, 0) is 58.0 Å². The van der Waals surface area contributed by atoms with Crippen molar-refractivity contribution in [3.05, 3.63) is 0 Å². The lowest BCUT2D eigenvalue weighted by Gasteiger charge is -2.39. The fourth-order valence-corrected chi connectivity index (χ4v) is 2.13. The van der Waals surface area contributed by atoms with Gasteiger partial charge in [0, 0.05) is 12.1 Å². The van der Waals surface area contributed by atoms with E-state index in [9.17, 15) is 0 Å². The van der Waals surface area contributed by atoms with Gasteiger partial charge in [0.1, 0.15) is 0 Å². The van der Waals surface area contributed by atoms with Crippen molar-refractivity contribution >= 4 is 0 Å². The van der Waals surface area contributed by atoms with E-state index in [0.29, 0.717) is 0 Å². The molecule has 2 saturated carbocycles. The van der Waals surface area contributed by atoms with Crippen molar-refractivity contribution in [2.24, 2.45) is 11.7 Å². The summed E-state index contributed by atoms with van der Waals surface area (Å²) in [6.07, 6.45) is 7.98. The zero-order chi connectivity index (χ0) is 9.31. The summed E-state index contributed by atoms with van der Waals surface area (Å²) in [5.74, 6) is 1.01. The predicted octanol–water partition coefficient (Wildman–Crippen LogP) is 1.60. The van der Waals surface area contributed by atoms with Crippen LogP contribution in [0.4, 0.5) is 0 Å². The van der Waals surface area contributed by atoms with Crippen LogP contribution in [0.3, 0.4) is 0 Å². The Morgan fingerprint density at radius 2 is 2.08 bits per heavy atom. The molecule has 2 aliphatic rings. The summed E-state index contributed by atoms with van der Waals surface area (Å²) in [4.78, 5) is 2.46. The molecule has 2 nitrogen and oxygen atoms in total. The Kier molecular flexibility index (Phi) is 2.61. The number of hydrogen-bond donors (Lipinski definition) is 1. The highest BCUT2D eigenvalue weighted by Crippen LogP contribution is 2.33. The molecule has 76 valence electrons. The monoisotopic (exact) mass is 182 g/mol. The average Bonchev–Trinajstić information content (AvgIpc) is 2.81. The molecular formula is C11H22N2. The maximum absolute atomic E-state index is 6.17. The van der Waals surface area contributed by atoms with Gasteiger partial charge in [-0.15, -0.1) is 0 Å². The molecule has 2 heteroatoms. The molecule has 0 radical (unpaired) electrons. The van der Waals surface area contributed by atoms with Crippen LogP contribution in [-0.2, 0) is 0 Å². The molecule has 2 aliphatic carbocycles. The van der Waals surface area contributed by atoms with Gasteiger partial charge >= 0.3 is 0 Å². The van der Waals surface area contributed by atoms with Crippen molar-refractivity contribution < 1.29 is 0 Å². The lowest BCUT2D eigenvalue weighted by molar-refractivity contribution is 0.194. The summed E-state index contributed by atoms with van der Waals surface area (Å²) in [5.41, 5.74) is 6.39. The molecular weight excluding hydrogens is 160 g/mol. The van der Waals surface area contributed by atoms with E-state index in [4.69, 9.17) is 5.73 Å². The van der Waals surface area contributed by atoms with Crippen molar-refractivity contribution in [1.29, 1.82) is 0 Å². The van der Waals surface area contributed by atoms with E-state index in [1.807, 2.05) is 0 Å². The van der Waals surface area contributed by atoms with E-state index in [0.717, 1.165) is 5.92 Å². The van der Waals surface area contributed by atoms with E-state index in [1.54, 1.807) is 0 Å². The van der Waals surface area contributed by atoms with Crippen molar-refractivity contribution in [3.63, 3.8) is 0 Å². The largest absolute Gasteiger partial charge is 0.325 e. The molecule has 0 spiro atoms. The van der Waals surface area contributed by atoms with E-state index < -0.39 is 0 Å². The SMILES string of the molecule is CN(CCC1(N)CCC1)CC1CC1. The molecule has 0 aromatic heterocycles. The maximum atomic E-state index is 6.17. The molecule has 0 saturated heterocycles. The molecule has 2 fully saturated rings. The van der Waals surface area contributed by atoms with Crippen LogP contribution in [0.2, 0.25) is 0 Å². The van der Waals surface area contributed by atoms with E-state index in [2.05, 4.69) is 11.9 Å². The standard InChI is InChI=1S/C11H22N2/c1-13(9-10-3-4-10)8-7-11(12)5-2-6-11/h10H,2-9,12H2,1H3. The third-order valence-electron chi connectivity index (χ3n) is 3.61. The summed E-state index contributed by atoms with van der Waals surface area (Å²) in [5, 5.41) is 0. The summed E-state index contributed by atoms with van der Waals surface area (Å²) in [6, 6.07) is 0. The lowest BCUT2D eigenvalue weighted by Crippen LogP contribution is -2.48. The first kappa shape index (κ1) is 9.47. The molecule has 0 amide bonds. The van der Waals surface area contributed by atoms with Crippen LogP contribution < -0.4 is 5.73 Å². The quantitative estimate of drug-likeness (QED) is 0.700. The predicted molar refractivity (Wildman–Crippen MR) is 55.6 cm³/mol. The minimum atomic E-state index is 0.220. The van der Waals surface area contributed by atoms with Crippen LogP contribution in [0.1, 0.15) is 38.5 Å². The molecule has 13 heavy (non-hydrogen) atoms. The van der Waals surface area contributed by atoms with Crippen LogP contribution in [-0.4, -0.2) is 30.6 Å². The van der Waals surface area contributed by atoms with Gasteiger partial charge < -0.3 is 10.6 Å². The second-order valence-corrected chi connectivity index (χ2v) is 5.17. The van der Waals surface area contributed by atoms with Crippen LogP contribution in [0.5, 0.6) is 0 Å². The highest BCUT2D eigenvalue weighted by Gasteiger charge is 2.32. The Hall–Kier alpha value is -0.0800. The molecule has 0 bridgehead atoms. The molecule has 0 aliphatic heterocycles. The van der Waals surface area contributed by atoms with Crippen LogP contribution in [0, 0.1) is 5.92 Å². The van der Waals surface area contributed by atoms with E-state index >= 15 is 0 Å². The lowest BCUT2D eigenvalue weighted by atomic mass is 9.75. The number of rotatable bonds is 5. The normalized spacial score (nSPS) is 26.1. The number of nitrogens with two attached hydrogens (primary N) is 1. The van der Waals surface area contributed by atoms with Crippen molar-refractivity contribution in [3.8, 4) is 0 Å². The highest BCUT2D eigenvalue weighted by molar-refractivity contribution is 4.93. The minimum Gasteiger partial charge on any atom is -0.325 e. The second kappa shape index (κ2) is 3.58. The van der Waals surface area contributed by atoms with Gasteiger partial charge in [-0.3, -0.25) is 0 Å². The first-order valence-electron chi connectivity index (χ1n) is 5.65. The Morgan fingerprint density at radius 1 is 1.38 bits per heavy atom. The van der Waals surface area contributed by atoms with Crippen LogP contribution >= 0.6 is 0 Å². The van der Waals surface area contributed by atoms with Gasteiger partial charge in [-0.1, -0.05) is 0 Å². The maximum Gasteiger partial charge on any atom is 0.0166 e. The number of nitrogens with zero attached hydrogens (tertiary/aromatic N) is 1. The van der Waals surface area contributed by atoms with E-state index in [1.165, 1.54) is 51.6 Å². The van der Waals surface area contributed by atoms with Crippen molar-refractivity contribution in [2.45, 2.75) is 44.1 Å². The van der Waals surface area contributed by atoms with Crippen molar-refractivity contribution in [1.82, 2.24) is 4.90 Å². The molecule has 0 heterocycles. The smallest absolute Gasteiger partial charge is 0.0166 e. The third-order valence-corrected chi connectivity index (χ3v) is 3.61. The molecule has 0 aromatic rings. The van der Waals surface area contributed by atoms with Gasteiger partial charge in [0.25, 0.3) is 0 Å². The summed E-state index contributed by atoms with van der Waals surface area (Å²) in [6.45, 7) is 2.50. The topological polar surface area (TPSA) is 29.3 Å². The summed E-state index contributed by atoms with van der Waals surface area (Å²) in [7, 11) is 2.24. The minimum absolute atomic E-state index is 0.220. The average molecular weight is 182 g/mol. The number of hydrogen-bond acceptors (Lipinski definition) is 2. The zero-order valence-electron chi connectivity index (χ0n) is 8.76. The second-order valence-electron chi connectivity index (χ2n) is 5.17. The summed E-state index contributed by atoms with van der Waals surface area (Å²) >= 11 is 0. The Balaban J connectivity index is 1.60. The molecule has 0 unspecified atom stereocenters. The highest BCUT2D eigenvalue weighted by atomic mass is 15.1. The summed E-state index contributed by atoms with van der Waals surface area (Å²) < 4.78 is 0. The van der Waals surface area contributed by atoms with Gasteiger partial charge in [0.15, 0.2) is 0 Å². The molecule has 2 rings (SSSR count). The van der Waals surface area contributed by atoms with E-state index in [-0.39, 0.29) is 5.54 Å². The third kappa shape index (κ3) is 2.68. The van der Waals surface area contributed by atoms with Gasteiger partial charge in [-0.25, -0.2) is 0 Å². The molecule has 0 aromatic carbocycles.